The molecule has 0 heterocycles. The second kappa shape index (κ2) is 6.39. The Kier molecular flexibility index (Phi) is 4.57. The van der Waals surface area contributed by atoms with E-state index < -0.39 is 11.9 Å². The van der Waals surface area contributed by atoms with Crippen molar-refractivity contribution in [3.05, 3.63) is 35.4 Å². The molecule has 2 amide bonds. The van der Waals surface area contributed by atoms with Crippen LogP contribution in [0.25, 0.3) is 0 Å². The normalized spacial score (nSPS) is 21.0. The summed E-state index contributed by atoms with van der Waals surface area (Å²) in [7, 11) is 0. The van der Waals surface area contributed by atoms with Gasteiger partial charge in [-0.05, 0) is 37.0 Å². The van der Waals surface area contributed by atoms with Gasteiger partial charge in [-0.15, -0.1) is 0 Å². The van der Waals surface area contributed by atoms with E-state index in [4.69, 9.17) is 10.8 Å². The predicted molar refractivity (Wildman–Crippen MR) is 75.8 cm³/mol. The largest absolute Gasteiger partial charge is 0.481 e. The van der Waals surface area contributed by atoms with Gasteiger partial charge in [-0.25, -0.2) is 0 Å². The Balaban J connectivity index is 1.97. The Morgan fingerprint density at radius 1 is 1.24 bits per heavy atom. The van der Waals surface area contributed by atoms with Crippen LogP contribution in [0, 0.1) is 11.8 Å². The maximum absolute atomic E-state index is 12.0. The van der Waals surface area contributed by atoms with E-state index in [1.54, 1.807) is 12.1 Å². The van der Waals surface area contributed by atoms with E-state index in [2.05, 4.69) is 5.32 Å². The van der Waals surface area contributed by atoms with Crippen molar-refractivity contribution in [3.63, 3.8) is 0 Å². The molecule has 2 atom stereocenters. The number of amides is 2. The van der Waals surface area contributed by atoms with Gasteiger partial charge in [-0.3, -0.25) is 14.4 Å². The zero-order valence-electron chi connectivity index (χ0n) is 11.5. The number of carboxylic acid groups (broad SMARTS) is 1. The number of carbonyl (C=O) groups is 3. The zero-order valence-corrected chi connectivity index (χ0v) is 11.5. The van der Waals surface area contributed by atoms with Crippen LogP contribution in [-0.2, 0) is 4.79 Å². The summed E-state index contributed by atoms with van der Waals surface area (Å²) in [5.41, 5.74) is 5.79. The number of nitrogens with two attached hydrogens (primary N) is 1. The van der Waals surface area contributed by atoms with Crippen LogP contribution in [0.2, 0.25) is 0 Å². The molecule has 1 aromatic rings. The predicted octanol–water partition coefficient (Wildman–Crippen LogP) is 1.02. The van der Waals surface area contributed by atoms with Crippen molar-refractivity contribution in [2.75, 3.05) is 6.54 Å². The standard InChI is InChI=1S/C15H18N2O4/c16-13(18)9-3-1-4-10(7-9)14(19)17-8-11-5-2-6-12(11)15(20)21/h1,3-4,7,11-12H,2,5-6,8H2,(H2,16,18)(H,17,19)(H,20,21). The third-order valence-corrected chi connectivity index (χ3v) is 3.91. The van der Waals surface area contributed by atoms with E-state index in [1.165, 1.54) is 12.1 Å². The average Bonchev–Trinajstić information content (AvgIpc) is 2.93. The molecule has 0 aliphatic heterocycles. The molecule has 1 fully saturated rings. The van der Waals surface area contributed by atoms with E-state index in [1.807, 2.05) is 0 Å². The highest BCUT2D eigenvalue weighted by atomic mass is 16.4. The van der Waals surface area contributed by atoms with Gasteiger partial charge in [0.25, 0.3) is 5.91 Å². The lowest BCUT2D eigenvalue weighted by Crippen LogP contribution is -2.33. The van der Waals surface area contributed by atoms with E-state index in [-0.39, 0.29) is 23.3 Å². The molecule has 0 aromatic heterocycles. The van der Waals surface area contributed by atoms with Crippen molar-refractivity contribution >= 4 is 17.8 Å². The lowest BCUT2D eigenvalue weighted by atomic mass is 9.96. The molecule has 6 heteroatoms. The molecule has 21 heavy (non-hydrogen) atoms. The first-order valence-electron chi connectivity index (χ1n) is 6.90. The minimum atomic E-state index is -0.803. The monoisotopic (exact) mass is 290 g/mol. The smallest absolute Gasteiger partial charge is 0.306 e. The Hall–Kier alpha value is -2.37. The number of primary amides is 1. The summed E-state index contributed by atoms with van der Waals surface area (Å²) >= 11 is 0. The van der Waals surface area contributed by atoms with Gasteiger partial charge in [0.15, 0.2) is 0 Å². The number of benzene rings is 1. The average molecular weight is 290 g/mol. The first-order valence-corrected chi connectivity index (χ1v) is 6.90. The molecule has 2 rings (SSSR count). The van der Waals surface area contributed by atoms with E-state index >= 15 is 0 Å². The van der Waals surface area contributed by atoms with Gasteiger partial charge in [0.1, 0.15) is 0 Å². The minimum Gasteiger partial charge on any atom is -0.481 e. The topological polar surface area (TPSA) is 109 Å². The minimum absolute atomic E-state index is 0.0363. The summed E-state index contributed by atoms with van der Waals surface area (Å²) in [6.45, 7) is 0.330. The molecular formula is C15H18N2O4. The van der Waals surface area contributed by atoms with Gasteiger partial charge in [-0.1, -0.05) is 12.5 Å². The van der Waals surface area contributed by atoms with Crippen LogP contribution < -0.4 is 11.1 Å². The maximum Gasteiger partial charge on any atom is 0.306 e. The fourth-order valence-electron chi connectivity index (χ4n) is 2.75. The molecule has 1 aromatic carbocycles. The van der Waals surface area contributed by atoms with Crippen LogP contribution in [0.15, 0.2) is 24.3 Å². The fraction of sp³-hybridized carbons (Fsp3) is 0.400. The summed E-state index contributed by atoms with van der Waals surface area (Å²) in [4.78, 5) is 34.2. The molecule has 1 aliphatic carbocycles. The highest BCUT2D eigenvalue weighted by molar-refractivity contribution is 5.99. The van der Waals surface area contributed by atoms with Crippen LogP contribution >= 0.6 is 0 Å². The van der Waals surface area contributed by atoms with Crippen molar-refractivity contribution in [2.45, 2.75) is 19.3 Å². The van der Waals surface area contributed by atoms with Crippen molar-refractivity contribution in [1.29, 1.82) is 0 Å². The lowest BCUT2D eigenvalue weighted by Gasteiger charge is -2.16. The van der Waals surface area contributed by atoms with E-state index in [0.717, 1.165) is 12.8 Å². The number of aliphatic carboxylic acids is 1. The molecular weight excluding hydrogens is 272 g/mol. The quantitative estimate of drug-likeness (QED) is 0.752. The lowest BCUT2D eigenvalue weighted by molar-refractivity contribution is -0.142. The number of carboxylic acids is 1. The Labute approximate surface area is 122 Å². The number of hydrogen-bond donors (Lipinski definition) is 3. The number of nitrogens with one attached hydrogen (secondary N) is 1. The van der Waals surface area contributed by atoms with Crippen LogP contribution in [-0.4, -0.2) is 29.4 Å². The summed E-state index contributed by atoms with van der Waals surface area (Å²) in [6.07, 6.45) is 2.33. The van der Waals surface area contributed by atoms with Gasteiger partial charge in [0.2, 0.25) is 5.91 Å². The SMILES string of the molecule is NC(=O)c1cccc(C(=O)NCC2CCCC2C(=O)O)c1. The van der Waals surface area contributed by atoms with Gasteiger partial charge in [-0.2, -0.15) is 0 Å². The van der Waals surface area contributed by atoms with Crippen molar-refractivity contribution in [1.82, 2.24) is 5.32 Å². The van der Waals surface area contributed by atoms with Gasteiger partial charge in [0.05, 0.1) is 5.92 Å². The molecule has 6 nitrogen and oxygen atoms in total. The summed E-state index contributed by atoms with van der Waals surface area (Å²) in [6, 6.07) is 6.15. The fourth-order valence-corrected chi connectivity index (χ4v) is 2.75. The summed E-state index contributed by atoms with van der Waals surface area (Å²) in [5, 5.41) is 11.8. The van der Waals surface area contributed by atoms with Crippen LogP contribution in [0.3, 0.4) is 0 Å². The summed E-state index contributed by atoms with van der Waals surface area (Å²) < 4.78 is 0. The van der Waals surface area contributed by atoms with Crippen molar-refractivity contribution < 1.29 is 19.5 Å². The van der Waals surface area contributed by atoms with Gasteiger partial charge < -0.3 is 16.2 Å². The molecule has 0 saturated heterocycles. The number of carbonyl (C=O) groups excluding carboxylic acids is 2. The second-order valence-corrected chi connectivity index (χ2v) is 5.29. The third-order valence-electron chi connectivity index (χ3n) is 3.91. The Bertz CT molecular complexity index is 571. The number of rotatable bonds is 5. The second-order valence-electron chi connectivity index (χ2n) is 5.29. The van der Waals surface area contributed by atoms with Crippen LogP contribution in [0.1, 0.15) is 40.0 Å². The molecule has 0 radical (unpaired) electrons. The highest BCUT2D eigenvalue weighted by Crippen LogP contribution is 2.31. The summed E-state index contributed by atoms with van der Waals surface area (Å²) in [5.74, 6) is -2.14. The molecule has 4 N–H and O–H groups in total. The van der Waals surface area contributed by atoms with E-state index in [0.29, 0.717) is 18.5 Å². The van der Waals surface area contributed by atoms with Gasteiger partial charge in [0, 0.05) is 17.7 Å². The zero-order chi connectivity index (χ0) is 15.4. The van der Waals surface area contributed by atoms with Crippen molar-refractivity contribution in [2.24, 2.45) is 17.6 Å². The molecule has 0 bridgehead atoms. The first-order chi connectivity index (χ1) is 9.99. The van der Waals surface area contributed by atoms with E-state index in [9.17, 15) is 14.4 Å². The molecule has 0 spiro atoms. The maximum atomic E-state index is 12.0. The Morgan fingerprint density at radius 2 is 1.95 bits per heavy atom. The molecule has 1 saturated carbocycles. The third kappa shape index (κ3) is 3.59. The molecule has 1 aliphatic rings. The Morgan fingerprint density at radius 3 is 2.62 bits per heavy atom. The first kappa shape index (κ1) is 15.0. The highest BCUT2D eigenvalue weighted by Gasteiger charge is 2.32. The van der Waals surface area contributed by atoms with Gasteiger partial charge >= 0.3 is 5.97 Å². The molecule has 2 unspecified atom stereocenters. The van der Waals surface area contributed by atoms with Crippen LogP contribution in [0.5, 0.6) is 0 Å². The molecule has 112 valence electrons. The van der Waals surface area contributed by atoms with Crippen molar-refractivity contribution in [3.8, 4) is 0 Å². The number of hydrogen-bond acceptors (Lipinski definition) is 3. The van der Waals surface area contributed by atoms with Crippen LogP contribution in [0.4, 0.5) is 0 Å².